The van der Waals surface area contributed by atoms with Crippen molar-refractivity contribution < 1.29 is 19.7 Å². The molecule has 0 aliphatic carbocycles. The molecule has 0 bridgehead atoms. The number of rotatable bonds is 7. The van der Waals surface area contributed by atoms with Gasteiger partial charge in [-0.25, -0.2) is 0 Å². The highest BCUT2D eigenvalue weighted by atomic mass is 16.5. The zero-order chi connectivity index (χ0) is 13.5. The van der Waals surface area contributed by atoms with Crippen LogP contribution in [0.5, 0.6) is 5.75 Å². The van der Waals surface area contributed by atoms with E-state index < -0.39 is 6.10 Å². The number of anilines is 1. The van der Waals surface area contributed by atoms with Crippen LogP contribution >= 0.6 is 0 Å². The third kappa shape index (κ3) is 4.38. The maximum atomic E-state index is 9.34. The van der Waals surface area contributed by atoms with Gasteiger partial charge in [0, 0.05) is 13.2 Å². The van der Waals surface area contributed by atoms with Crippen LogP contribution in [-0.4, -0.2) is 48.8 Å². The number of aliphatic hydroxyl groups excluding tert-OH is 2. The van der Waals surface area contributed by atoms with E-state index in [1.54, 1.807) is 0 Å². The second kappa shape index (κ2) is 7.33. The molecule has 0 spiro atoms. The van der Waals surface area contributed by atoms with E-state index in [0.29, 0.717) is 6.61 Å². The summed E-state index contributed by atoms with van der Waals surface area (Å²) in [5.74, 6) is 0.739. The van der Waals surface area contributed by atoms with Crippen molar-refractivity contribution in [1.29, 1.82) is 0 Å². The van der Waals surface area contributed by atoms with E-state index in [4.69, 9.17) is 14.6 Å². The van der Waals surface area contributed by atoms with Crippen molar-refractivity contribution in [3.63, 3.8) is 0 Å². The summed E-state index contributed by atoms with van der Waals surface area (Å²) in [6.07, 6.45) is 1.54. The Morgan fingerprint density at radius 1 is 1.42 bits per heavy atom. The fourth-order valence-corrected chi connectivity index (χ4v) is 1.99. The number of ether oxygens (including phenoxy) is 2. The average molecular weight is 267 g/mol. The highest BCUT2D eigenvalue weighted by molar-refractivity contribution is 5.56. The second-order valence-electron chi connectivity index (χ2n) is 4.66. The lowest BCUT2D eigenvalue weighted by Crippen LogP contribution is -2.23. The quantitative estimate of drug-likeness (QED) is 0.688. The van der Waals surface area contributed by atoms with Crippen LogP contribution in [0.15, 0.2) is 24.3 Å². The predicted molar refractivity (Wildman–Crippen MR) is 72.5 cm³/mol. The average Bonchev–Trinajstić information content (AvgIpc) is 2.96. The monoisotopic (exact) mass is 267 g/mol. The molecule has 1 saturated heterocycles. The first kappa shape index (κ1) is 14.1. The SMILES string of the molecule is OCC(O)CNc1ccccc1OCC1CCCO1. The molecule has 5 heteroatoms. The van der Waals surface area contributed by atoms with E-state index in [2.05, 4.69) is 5.32 Å². The summed E-state index contributed by atoms with van der Waals surface area (Å²) in [6.45, 7) is 1.39. The Labute approximate surface area is 113 Å². The molecule has 0 aromatic heterocycles. The molecule has 19 heavy (non-hydrogen) atoms. The number of hydrogen-bond donors (Lipinski definition) is 3. The molecule has 0 saturated carbocycles. The van der Waals surface area contributed by atoms with Crippen LogP contribution < -0.4 is 10.1 Å². The van der Waals surface area contributed by atoms with E-state index in [-0.39, 0.29) is 19.3 Å². The van der Waals surface area contributed by atoms with Crippen molar-refractivity contribution in [2.24, 2.45) is 0 Å². The van der Waals surface area contributed by atoms with Gasteiger partial charge in [-0.1, -0.05) is 12.1 Å². The van der Waals surface area contributed by atoms with Crippen LogP contribution in [-0.2, 0) is 4.74 Å². The molecule has 0 radical (unpaired) electrons. The Bertz CT molecular complexity index is 379. The number of benzene rings is 1. The lowest BCUT2D eigenvalue weighted by Gasteiger charge is -2.16. The Kier molecular flexibility index (Phi) is 5.44. The Hall–Kier alpha value is -1.30. The van der Waals surface area contributed by atoms with Crippen molar-refractivity contribution in [3.8, 4) is 5.75 Å². The summed E-state index contributed by atoms with van der Waals surface area (Å²) in [5.41, 5.74) is 0.813. The number of nitrogens with one attached hydrogen (secondary N) is 1. The third-order valence-corrected chi connectivity index (χ3v) is 3.07. The number of aliphatic hydroxyl groups is 2. The molecule has 0 amide bonds. The molecule has 1 aliphatic heterocycles. The zero-order valence-electron chi connectivity index (χ0n) is 10.9. The van der Waals surface area contributed by atoms with Crippen molar-refractivity contribution in [2.45, 2.75) is 25.0 Å². The van der Waals surface area contributed by atoms with Crippen molar-refractivity contribution >= 4 is 5.69 Å². The van der Waals surface area contributed by atoms with E-state index in [1.807, 2.05) is 24.3 Å². The predicted octanol–water partition coefficient (Wildman–Crippen LogP) is 1.01. The van der Waals surface area contributed by atoms with E-state index in [1.165, 1.54) is 0 Å². The normalized spacial score (nSPS) is 20.2. The lowest BCUT2D eigenvalue weighted by molar-refractivity contribution is 0.0681. The summed E-state index contributed by atoms with van der Waals surface area (Å²) >= 11 is 0. The van der Waals surface area contributed by atoms with Gasteiger partial charge in [0.1, 0.15) is 12.4 Å². The van der Waals surface area contributed by atoms with Gasteiger partial charge in [0.2, 0.25) is 0 Å². The molecule has 1 aromatic carbocycles. The molecule has 1 fully saturated rings. The molecule has 2 rings (SSSR count). The lowest BCUT2D eigenvalue weighted by atomic mass is 10.2. The van der Waals surface area contributed by atoms with Gasteiger partial charge in [-0.2, -0.15) is 0 Å². The maximum absolute atomic E-state index is 9.34. The highest BCUT2D eigenvalue weighted by Gasteiger charge is 2.16. The van der Waals surface area contributed by atoms with E-state index in [9.17, 15) is 5.11 Å². The molecule has 1 aliphatic rings. The minimum atomic E-state index is -0.772. The van der Waals surface area contributed by atoms with Crippen molar-refractivity contribution in [3.05, 3.63) is 24.3 Å². The number of para-hydroxylation sites is 2. The van der Waals surface area contributed by atoms with Crippen molar-refractivity contribution in [2.75, 3.05) is 31.7 Å². The molecule has 106 valence electrons. The topological polar surface area (TPSA) is 71.0 Å². The molecular formula is C14H21NO4. The van der Waals surface area contributed by atoms with Gasteiger partial charge >= 0.3 is 0 Å². The molecule has 2 unspecified atom stereocenters. The van der Waals surface area contributed by atoms with Gasteiger partial charge in [-0.15, -0.1) is 0 Å². The summed E-state index contributed by atoms with van der Waals surface area (Å²) < 4.78 is 11.3. The summed E-state index contributed by atoms with van der Waals surface area (Å²) in [7, 11) is 0. The van der Waals surface area contributed by atoms with E-state index in [0.717, 1.165) is 30.9 Å². The van der Waals surface area contributed by atoms with Crippen molar-refractivity contribution in [1.82, 2.24) is 0 Å². The smallest absolute Gasteiger partial charge is 0.142 e. The van der Waals surface area contributed by atoms with E-state index >= 15 is 0 Å². The first-order valence-electron chi connectivity index (χ1n) is 6.66. The van der Waals surface area contributed by atoms with Crippen LogP contribution in [0.2, 0.25) is 0 Å². The first-order chi connectivity index (χ1) is 9.29. The minimum absolute atomic E-state index is 0.177. The molecule has 2 atom stereocenters. The highest BCUT2D eigenvalue weighted by Crippen LogP contribution is 2.24. The van der Waals surface area contributed by atoms with Crippen LogP contribution in [0.25, 0.3) is 0 Å². The molecule has 1 aromatic rings. The molecule has 1 heterocycles. The van der Waals surface area contributed by atoms with Gasteiger partial charge in [0.25, 0.3) is 0 Å². The van der Waals surface area contributed by atoms with Crippen LogP contribution in [0.3, 0.4) is 0 Å². The van der Waals surface area contributed by atoms with Gasteiger partial charge in [0.05, 0.1) is 24.5 Å². The minimum Gasteiger partial charge on any atom is -0.489 e. The summed E-state index contributed by atoms with van der Waals surface area (Å²) in [4.78, 5) is 0. The standard InChI is InChI=1S/C14H21NO4/c16-9-11(17)8-15-13-5-1-2-6-14(13)19-10-12-4-3-7-18-12/h1-2,5-6,11-12,15-17H,3-4,7-10H2. The molecular weight excluding hydrogens is 246 g/mol. The Morgan fingerprint density at radius 3 is 3.00 bits per heavy atom. The first-order valence-corrected chi connectivity index (χ1v) is 6.66. The van der Waals surface area contributed by atoms with Gasteiger partial charge in [-0.3, -0.25) is 0 Å². The third-order valence-electron chi connectivity index (χ3n) is 3.07. The van der Waals surface area contributed by atoms with Crippen LogP contribution in [0.4, 0.5) is 5.69 Å². The van der Waals surface area contributed by atoms with Crippen LogP contribution in [0, 0.1) is 0 Å². The summed E-state index contributed by atoms with van der Waals surface area (Å²) in [6, 6.07) is 7.56. The largest absolute Gasteiger partial charge is 0.489 e. The van der Waals surface area contributed by atoms with Gasteiger partial charge in [-0.05, 0) is 25.0 Å². The molecule has 5 nitrogen and oxygen atoms in total. The second-order valence-corrected chi connectivity index (χ2v) is 4.66. The molecule has 3 N–H and O–H groups in total. The Morgan fingerprint density at radius 2 is 2.26 bits per heavy atom. The van der Waals surface area contributed by atoms with Crippen LogP contribution in [0.1, 0.15) is 12.8 Å². The fraction of sp³-hybridized carbons (Fsp3) is 0.571. The van der Waals surface area contributed by atoms with Gasteiger partial charge < -0.3 is 25.0 Å². The fourth-order valence-electron chi connectivity index (χ4n) is 1.99. The summed E-state index contributed by atoms with van der Waals surface area (Å²) in [5, 5.41) is 21.2. The number of hydrogen-bond acceptors (Lipinski definition) is 5. The van der Waals surface area contributed by atoms with Gasteiger partial charge in [0.15, 0.2) is 0 Å². The maximum Gasteiger partial charge on any atom is 0.142 e. The Balaban J connectivity index is 1.87. The zero-order valence-corrected chi connectivity index (χ0v) is 10.9.